The van der Waals surface area contributed by atoms with Crippen LogP contribution in [0.15, 0.2) is 59.7 Å². The SMILES string of the molecule is Cn1c(=O)c2ccc(-c3cnc(N[C@H]4CCOC4)nc3)cc2n1Cc1ccccc1OC(F)F. The molecular formula is C24H23F2N5O3. The lowest BCUT2D eigenvalue weighted by Gasteiger charge is -2.14. The number of fused-ring (bicyclic) bond motifs is 1. The molecule has 10 heteroatoms. The van der Waals surface area contributed by atoms with E-state index in [0.717, 1.165) is 24.2 Å². The standard InChI is InChI=1S/C24H23F2N5O3/c1-30-22(32)19-7-6-15(17-11-27-24(28-12-17)29-18-8-9-33-14-18)10-20(19)31(30)13-16-4-2-3-5-21(16)34-23(25)26/h2-7,10-12,18,23H,8-9,13-14H2,1H3,(H,27,28,29)/t18-/m0/s1. The fourth-order valence-corrected chi connectivity index (χ4v) is 4.13. The zero-order chi connectivity index (χ0) is 23.7. The molecule has 1 atom stereocenters. The predicted octanol–water partition coefficient (Wildman–Crippen LogP) is 3.65. The van der Waals surface area contributed by atoms with Crippen LogP contribution in [-0.4, -0.2) is 45.2 Å². The molecule has 0 saturated carbocycles. The Hall–Kier alpha value is -3.79. The molecule has 0 radical (unpaired) electrons. The Kier molecular flexibility index (Phi) is 5.97. The van der Waals surface area contributed by atoms with Gasteiger partial charge in [0, 0.05) is 37.2 Å². The van der Waals surface area contributed by atoms with Crippen molar-refractivity contribution in [1.82, 2.24) is 19.3 Å². The van der Waals surface area contributed by atoms with Crippen molar-refractivity contribution in [1.29, 1.82) is 0 Å². The van der Waals surface area contributed by atoms with Crippen LogP contribution in [-0.2, 0) is 18.3 Å². The Morgan fingerprint density at radius 1 is 1.18 bits per heavy atom. The molecule has 2 aromatic carbocycles. The molecule has 1 saturated heterocycles. The topological polar surface area (TPSA) is 83.2 Å². The molecule has 3 heterocycles. The van der Waals surface area contributed by atoms with Crippen molar-refractivity contribution < 1.29 is 18.3 Å². The maximum absolute atomic E-state index is 12.9. The lowest BCUT2D eigenvalue weighted by atomic mass is 10.1. The number of benzene rings is 2. The molecule has 1 aliphatic heterocycles. The van der Waals surface area contributed by atoms with Crippen LogP contribution in [0.1, 0.15) is 12.0 Å². The van der Waals surface area contributed by atoms with Gasteiger partial charge < -0.3 is 14.8 Å². The van der Waals surface area contributed by atoms with Crippen LogP contribution < -0.4 is 15.6 Å². The van der Waals surface area contributed by atoms with E-state index in [1.165, 1.54) is 10.7 Å². The number of rotatable bonds is 7. The van der Waals surface area contributed by atoms with Gasteiger partial charge in [-0.2, -0.15) is 8.78 Å². The van der Waals surface area contributed by atoms with Gasteiger partial charge in [0.1, 0.15) is 5.75 Å². The summed E-state index contributed by atoms with van der Waals surface area (Å²) in [4.78, 5) is 21.6. The molecule has 5 rings (SSSR count). The Morgan fingerprint density at radius 3 is 2.71 bits per heavy atom. The van der Waals surface area contributed by atoms with E-state index in [-0.39, 0.29) is 23.9 Å². The van der Waals surface area contributed by atoms with Gasteiger partial charge >= 0.3 is 6.61 Å². The number of hydrogen-bond acceptors (Lipinski definition) is 6. The molecule has 0 spiro atoms. The zero-order valence-corrected chi connectivity index (χ0v) is 18.4. The molecule has 8 nitrogen and oxygen atoms in total. The summed E-state index contributed by atoms with van der Waals surface area (Å²) < 4.78 is 38.9. The van der Waals surface area contributed by atoms with E-state index < -0.39 is 6.61 Å². The minimum absolute atomic E-state index is 0.0760. The van der Waals surface area contributed by atoms with Crippen molar-refractivity contribution in [3.63, 3.8) is 0 Å². The first kappa shape index (κ1) is 22.0. The van der Waals surface area contributed by atoms with E-state index >= 15 is 0 Å². The van der Waals surface area contributed by atoms with Gasteiger partial charge in [0.15, 0.2) is 0 Å². The van der Waals surface area contributed by atoms with Crippen molar-refractivity contribution in [3.8, 4) is 16.9 Å². The molecule has 0 unspecified atom stereocenters. The second-order valence-electron chi connectivity index (χ2n) is 8.10. The fourth-order valence-electron chi connectivity index (χ4n) is 4.13. The Balaban J connectivity index is 1.48. The summed E-state index contributed by atoms with van der Waals surface area (Å²) in [5, 5.41) is 3.78. The van der Waals surface area contributed by atoms with Gasteiger partial charge in [0.05, 0.1) is 30.1 Å². The van der Waals surface area contributed by atoms with E-state index in [1.807, 2.05) is 12.1 Å². The normalized spacial score (nSPS) is 15.8. The van der Waals surface area contributed by atoms with Crippen molar-refractivity contribution in [2.45, 2.75) is 25.6 Å². The second-order valence-corrected chi connectivity index (χ2v) is 8.10. The van der Waals surface area contributed by atoms with E-state index in [9.17, 15) is 13.6 Å². The zero-order valence-electron chi connectivity index (χ0n) is 18.4. The molecule has 1 N–H and O–H groups in total. The lowest BCUT2D eigenvalue weighted by Crippen LogP contribution is -2.20. The summed E-state index contributed by atoms with van der Waals surface area (Å²) in [5.74, 6) is 0.611. The summed E-state index contributed by atoms with van der Waals surface area (Å²) in [5.41, 5.74) is 2.65. The number of alkyl halides is 2. The minimum Gasteiger partial charge on any atom is -0.434 e. The van der Waals surface area contributed by atoms with Crippen LogP contribution in [0.3, 0.4) is 0 Å². The number of aromatic nitrogens is 4. The number of anilines is 1. The molecule has 34 heavy (non-hydrogen) atoms. The van der Waals surface area contributed by atoms with Gasteiger partial charge in [-0.3, -0.25) is 14.2 Å². The molecule has 4 aromatic rings. The van der Waals surface area contributed by atoms with Gasteiger partial charge in [-0.1, -0.05) is 24.3 Å². The third kappa shape index (κ3) is 4.36. The highest BCUT2D eigenvalue weighted by atomic mass is 19.3. The van der Waals surface area contributed by atoms with Gasteiger partial charge in [0.25, 0.3) is 5.56 Å². The van der Waals surface area contributed by atoms with Crippen LogP contribution in [0, 0.1) is 0 Å². The molecule has 0 amide bonds. The average Bonchev–Trinajstić information content (AvgIpc) is 3.43. The van der Waals surface area contributed by atoms with Gasteiger partial charge in [0.2, 0.25) is 5.95 Å². The Morgan fingerprint density at radius 2 is 1.97 bits per heavy atom. The monoisotopic (exact) mass is 467 g/mol. The summed E-state index contributed by atoms with van der Waals surface area (Å²) in [7, 11) is 1.65. The third-order valence-electron chi connectivity index (χ3n) is 5.92. The molecule has 1 aliphatic rings. The maximum atomic E-state index is 12.9. The highest BCUT2D eigenvalue weighted by molar-refractivity contribution is 5.84. The Labute approximate surface area is 193 Å². The number of hydrogen-bond donors (Lipinski definition) is 1. The van der Waals surface area contributed by atoms with Gasteiger partial charge in [-0.25, -0.2) is 9.97 Å². The van der Waals surface area contributed by atoms with E-state index in [4.69, 9.17) is 4.74 Å². The van der Waals surface area contributed by atoms with E-state index in [2.05, 4.69) is 20.0 Å². The van der Waals surface area contributed by atoms with E-state index in [1.54, 1.807) is 48.4 Å². The molecule has 0 bridgehead atoms. The number of nitrogens with one attached hydrogen (secondary N) is 1. The first-order chi connectivity index (χ1) is 16.5. The lowest BCUT2D eigenvalue weighted by molar-refractivity contribution is -0.0505. The molecule has 0 aliphatic carbocycles. The summed E-state index contributed by atoms with van der Waals surface area (Å²) >= 11 is 0. The predicted molar refractivity (Wildman–Crippen MR) is 123 cm³/mol. The van der Waals surface area contributed by atoms with Crippen LogP contribution in [0.25, 0.3) is 22.0 Å². The van der Waals surface area contributed by atoms with Crippen LogP contribution >= 0.6 is 0 Å². The summed E-state index contributed by atoms with van der Waals surface area (Å²) in [6.45, 7) is -1.38. The molecule has 2 aromatic heterocycles. The highest BCUT2D eigenvalue weighted by Gasteiger charge is 2.17. The summed E-state index contributed by atoms with van der Waals surface area (Å²) in [6, 6.07) is 12.2. The molecule has 1 fully saturated rings. The van der Waals surface area contributed by atoms with Gasteiger partial charge in [-0.15, -0.1) is 0 Å². The van der Waals surface area contributed by atoms with Crippen molar-refractivity contribution >= 4 is 16.9 Å². The minimum atomic E-state index is -2.93. The Bertz CT molecular complexity index is 1360. The number of halogens is 2. The van der Waals surface area contributed by atoms with Crippen LogP contribution in [0.5, 0.6) is 5.75 Å². The molecular weight excluding hydrogens is 444 g/mol. The first-order valence-corrected chi connectivity index (χ1v) is 10.9. The third-order valence-corrected chi connectivity index (χ3v) is 5.92. The van der Waals surface area contributed by atoms with Crippen LogP contribution in [0.2, 0.25) is 0 Å². The largest absolute Gasteiger partial charge is 0.434 e. The quantitative estimate of drug-likeness (QED) is 0.447. The number of ether oxygens (including phenoxy) is 2. The summed E-state index contributed by atoms with van der Waals surface area (Å²) in [6.07, 6.45) is 4.37. The number of nitrogens with zero attached hydrogens (tertiary/aromatic N) is 4. The first-order valence-electron chi connectivity index (χ1n) is 10.9. The maximum Gasteiger partial charge on any atom is 0.387 e. The van der Waals surface area contributed by atoms with E-state index in [0.29, 0.717) is 29.0 Å². The van der Waals surface area contributed by atoms with Crippen molar-refractivity contribution in [3.05, 3.63) is 70.8 Å². The van der Waals surface area contributed by atoms with Gasteiger partial charge in [-0.05, 0) is 30.2 Å². The van der Waals surface area contributed by atoms with Crippen molar-refractivity contribution in [2.24, 2.45) is 7.05 Å². The second kappa shape index (κ2) is 9.22. The fraction of sp³-hybridized carbons (Fsp3) is 0.292. The highest BCUT2D eigenvalue weighted by Crippen LogP contribution is 2.26. The average molecular weight is 467 g/mol. The molecule has 176 valence electrons. The van der Waals surface area contributed by atoms with Crippen molar-refractivity contribution in [2.75, 3.05) is 18.5 Å². The van der Waals surface area contributed by atoms with Crippen LogP contribution in [0.4, 0.5) is 14.7 Å². The number of para-hydroxylation sites is 1. The smallest absolute Gasteiger partial charge is 0.387 e.